The molecule has 0 saturated heterocycles. The summed E-state index contributed by atoms with van der Waals surface area (Å²) in [5.74, 6) is -0.236. The number of aryl methyl sites for hydroxylation is 2. The number of rotatable bonds is 9. The molecular formula is C30H30N4O2S. The number of anilines is 2. The summed E-state index contributed by atoms with van der Waals surface area (Å²) in [6.45, 7) is 4.53. The largest absolute Gasteiger partial charge is 0.349 e. The van der Waals surface area contributed by atoms with Gasteiger partial charge in [-0.3, -0.25) is 9.59 Å². The Labute approximate surface area is 221 Å². The molecule has 0 bridgehead atoms. The summed E-state index contributed by atoms with van der Waals surface area (Å²) in [5.41, 5.74) is 6.17. The zero-order valence-corrected chi connectivity index (χ0v) is 21.8. The van der Waals surface area contributed by atoms with Gasteiger partial charge in [0.25, 0.3) is 11.8 Å². The van der Waals surface area contributed by atoms with Gasteiger partial charge >= 0.3 is 0 Å². The molecule has 1 fully saturated rings. The number of hydrogen-bond donors (Lipinski definition) is 3. The van der Waals surface area contributed by atoms with Crippen LogP contribution in [-0.2, 0) is 13.0 Å². The van der Waals surface area contributed by atoms with Crippen LogP contribution in [0.25, 0.3) is 11.3 Å². The van der Waals surface area contributed by atoms with E-state index in [2.05, 4.69) is 35.0 Å². The van der Waals surface area contributed by atoms with Crippen LogP contribution in [0.4, 0.5) is 10.8 Å². The van der Waals surface area contributed by atoms with E-state index in [0.717, 1.165) is 41.6 Å². The van der Waals surface area contributed by atoms with Gasteiger partial charge in [0.2, 0.25) is 0 Å². The molecule has 1 aromatic heterocycles. The van der Waals surface area contributed by atoms with E-state index < -0.39 is 0 Å². The minimum absolute atomic E-state index is 0.0672. The number of carbonyl (C=O) groups is 2. The van der Waals surface area contributed by atoms with Gasteiger partial charge in [-0.05, 0) is 55.0 Å². The molecule has 0 atom stereocenters. The van der Waals surface area contributed by atoms with Crippen molar-refractivity contribution in [2.75, 3.05) is 5.32 Å². The zero-order chi connectivity index (χ0) is 25.8. The highest BCUT2D eigenvalue weighted by Crippen LogP contribution is 2.34. The van der Waals surface area contributed by atoms with Gasteiger partial charge in [-0.15, -0.1) is 0 Å². The molecule has 1 saturated carbocycles. The molecule has 1 aliphatic rings. The van der Waals surface area contributed by atoms with Crippen LogP contribution in [0.3, 0.4) is 0 Å². The summed E-state index contributed by atoms with van der Waals surface area (Å²) >= 11 is 1.31. The Morgan fingerprint density at radius 2 is 1.70 bits per heavy atom. The predicted octanol–water partition coefficient (Wildman–Crippen LogP) is 6.25. The predicted molar refractivity (Wildman–Crippen MR) is 149 cm³/mol. The number of nitrogens with zero attached hydrogens (tertiary/aromatic N) is 1. The average molecular weight is 511 g/mol. The van der Waals surface area contributed by atoms with E-state index in [9.17, 15) is 9.59 Å². The van der Waals surface area contributed by atoms with Crippen molar-refractivity contribution in [3.05, 3.63) is 99.9 Å². The second kappa shape index (κ2) is 11.0. The SMILES string of the molecule is CCc1ccc(-c2nc(Nc3cc(C(=O)NC4CC4)ccc3C)sc2C(=O)NCc2ccccc2)cc1. The molecule has 6 nitrogen and oxygen atoms in total. The molecule has 188 valence electrons. The Kier molecular flexibility index (Phi) is 7.32. The first-order valence-electron chi connectivity index (χ1n) is 12.6. The molecule has 1 heterocycles. The maximum Gasteiger partial charge on any atom is 0.264 e. The molecule has 0 aliphatic heterocycles. The second-order valence-corrected chi connectivity index (χ2v) is 10.3. The lowest BCUT2D eigenvalue weighted by Gasteiger charge is -2.10. The van der Waals surface area contributed by atoms with Crippen molar-refractivity contribution in [3.63, 3.8) is 0 Å². The summed E-state index contributed by atoms with van der Waals surface area (Å²) < 4.78 is 0. The third-order valence-corrected chi connectivity index (χ3v) is 7.39. The van der Waals surface area contributed by atoms with Crippen molar-refractivity contribution in [2.24, 2.45) is 0 Å². The minimum atomic E-state index is -0.168. The number of aromatic nitrogens is 1. The number of nitrogens with one attached hydrogen (secondary N) is 3. The van der Waals surface area contributed by atoms with Gasteiger partial charge in [0.1, 0.15) is 4.88 Å². The van der Waals surface area contributed by atoms with Crippen LogP contribution in [0.1, 0.15) is 56.5 Å². The third-order valence-electron chi connectivity index (χ3n) is 6.42. The van der Waals surface area contributed by atoms with Crippen molar-refractivity contribution < 1.29 is 9.59 Å². The zero-order valence-electron chi connectivity index (χ0n) is 21.0. The number of hydrogen-bond acceptors (Lipinski definition) is 5. The lowest BCUT2D eigenvalue weighted by atomic mass is 10.1. The second-order valence-electron chi connectivity index (χ2n) is 9.32. The van der Waals surface area contributed by atoms with E-state index in [1.54, 1.807) is 0 Å². The van der Waals surface area contributed by atoms with Crippen LogP contribution in [0.2, 0.25) is 0 Å². The number of benzene rings is 3. The van der Waals surface area contributed by atoms with Gasteiger partial charge < -0.3 is 16.0 Å². The minimum Gasteiger partial charge on any atom is -0.349 e. The fourth-order valence-electron chi connectivity index (χ4n) is 3.99. The lowest BCUT2D eigenvalue weighted by molar-refractivity contribution is 0.0944. The number of amides is 2. The van der Waals surface area contributed by atoms with E-state index in [0.29, 0.717) is 33.9 Å². The van der Waals surface area contributed by atoms with Crippen LogP contribution in [-0.4, -0.2) is 22.8 Å². The normalized spacial score (nSPS) is 12.7. The Hall–Kier alpha value is -3.97. The summed E-state index contributed by atoms with van der Waals surface area (Å²) in [4.78, 5) is 31.3. The van der Waals surface area contributed by atoms with Gasteiger partial charge in [0.15, 0.2) is 5.13 Å². The van der Waals surface area contributed by atoms with Crippen molar-refractivity contribution in [1.29, 1.82) is 0 Å². The summed E-state index contributed by atoms with van der Waals surface area (Å²) in [6, 6.07) is 23.9. The molecule has 3 N–H and O–H groups in total. The molecule has 0 radical (unpaired) electrons. The van der Waals surface area contributed by atoms with Gasteiger partial charge in [0, 0.05) is 29.4 Å². The highest BCUT2D eigenvalue weighted by molar-refractivity contribution is 7.18. The van der Waals surface area contributed by atoms with Crippen molar-refractivity contribution >= 4 is 34.0 Å². The van der Waals surface area contributed by atoms with Crippen LogP contribution >= 0.6 is 11.3 Å². The summed E-state index contributed by atoms with van der Waals surface area (Å²) in [6.07, 6.45) is 3.02. The maximum atomic E-state index is 13.3. The van der Waals surface area contributed by atoms with Crippen LogP contribution < -0.4 is 16.0 Å². The van der Waals surface area contributed by atoms with E-state index in [-0.39, 0.29) is 11.8 Å². The molecule has 0 unspecified atom stereocenters. The molecule has 5 rings (SSSR count). The molecule has 3 aromatic carbocycles. The van der Waals surface area contributed by atoms with Crippen molar-refractivity contribution in [3.8, 4) is 11.3 Å². The first kappa shape index (κ1) is 24.7. The molecule has 37 heavy (non-hydrogen) atoms. The smallest absolute Gasteiger partial charge is 0.264 e. The lowest BCUT2D eigenvalue weighted by Crippen LogP contribution is -2.25. The van der Waals surface area contributed by atoms with Crippen LogP contribution in [0.15, 0.2) is 72.8 Å². The van der Waals surface area contributed by atoms with Crippen LogP contribution in [0.5, 0.6) is 0 Å². The fourth-order valence-corrected chi connectivity index (χ4v) is 4.91. The Bertz CT molecular complexity index is 1410. The highest BCUT2D eigenvalue weighted by atomic mass is 32.1. The molecule has 4 aromatic rings. The first-order chi connectivity index (χ1) is 18.0. The van der Waals surface area contributed by atoms with E-state index in [4.69, 9.17) is 4.98 Å². The quantitative estimate of drug-likeness (QED) is 0.249. The standard InChI is InChI=1S/C30H30N4O2S/c1-3-20-10-13-22(14-11-20)26-27(29(36)31-18-21-7-5-4-6-8-21)37-30(34-26)33-25-17-23(12-9-19(25)2)28(35)32-24-15-16-24/h4-14,17,24H,3,15-16,18H2,1-2H3,(H,31,36)(H,32,35)(H,33,34). The van der Waals surface area contributed by atoms with Gasteiger partial charge in [-0.1, -0.05) is 78.9 Å². The Morgan fingerprint density at radius 3 is 2.41 bits per heavy atom. The van der Waals surface area contributed by atoms with Gasteiger partial charge in [-0.25, -0.2) is 4.98 Å². The Morgan fingerprint density at radius 1 is 0.946 bits per heavy atom. The summed E-state index contributed by atoms with van der Waals surface area (Å²) in [7, 11) is 0. The first-order valence-corrected chi connectivity index (χ1v) is 13.4. The monoisotopic (exact) mass is 510 g/mol. The highest BCUT2D eigenvalue weighted by Gasteiger charge is 2.24. The molecule has 7 heteroatoms. The fraction of sp³-hybridized carbons (Fsp3) is 0.233. The molecule has 2 amide bonds. The van der Waals surface area contributed by atoms with E-state index in [1.807, 2.05) is 67.6 Å². The maximum absolute atomic E-state index is 13.3. The molecule has 1 aliphatic carbocycles. The van der Waals surface area contributed by atoms with Crippen molar-refractivity contribution in [2.45, 2.75) is 45.7 Å². The van der Waals surface area contributed by atoms with Crippen LogP contribution in [0, 0.1) is 6.92 Å². The average Bonchev–Trinajstić information content (AvgIpc) is 3.64. The topological polar surface area (TPSA) is 83.1 Å². The summed E-state index contributed by atoms with van der Waals surface area (Å²) in [5, 5.41) is 10.0. The van der Waals surface area contributed by atoms with Gasteiger partial charge in [-0.2, -0.15) is 0 Å². The van der Waals surface area contributed by atoms with Crippen molar-refractivity contribution in [1.82, 2.24) is 15.6 Å². The number of thiazole rings is 1. The number of carbonyl (C=O) groups excluding carboxylic acids is 2. The van der Waals surface area contributed by atoms with E-state index >= 15 is 0 Å². The Balaban J connectivity index is 1.43. The van der Waals surface area contributed by atoms with E-state index in [1.165, 1.54) is 16.9 Å². The molecular weight excluding hydrogens is 480 g/mol. The van der Waals surface area contributed by atoms with Gasteiger partial charge in [0.05, 0.1) is 5.69 Å². The molecule has 0 spiro atoms. The third kappa shape index (κ3) is 6.06.